The Kier molecular flexibility index (Phi) is 18.6. The summed E-state index contributed by atoms with van der Waals surface area (Å²) in [7, 11) is 1.26. The van der Waals surface area contributed by atoms with Crippen LogP contribution >= 0.6 is 15.9 Å². The molecule has 0 saturated carbocycles. The van der Waals surface area contributed by atoms with E-state index in [-0.39, 0.29) is 39.9 Å². The number of nitrogens with two attached hydrogens (primary N) is 1. The molecular weight excluding hydrogens is 1020 g/mol. The van der Waals surface area contributed by atoms with Gasteiger partial charge in [-0.15, -0.1) is 0 Å². The van der Waals surface area contributed by atoms with Gasteiger partial charge in [0, 0.05) is 48.5 Å². The van der Waals surface area contributed by atoms with Crippen molar-refractivity contribution >= 4 is 29.9 Å². The van der Waals surface area contributed by atoms with E-state index in [1.165, 1.54) is 24.3 Å². The van der Waals surface area contributed by atoms with Gasteiger partial charge in [-0.2, -0.15) is 0 Å². The molecule has 0 fully saturated rings. The van der Waals surface area contributed by atoms with Gasteiger partial charge >= 0.3 is 0 Å². The quantitative estimate of drug-likeness (QED) is 0.0841. The van der Waals surface area contributed by atoms with E-state index in [0.717, 1.165) is 62.8 Å². The summed E-state index contributed by atoms with van der Waals surface area (Å²) in [5.74, 6) is 0.871. The van der Waals surface area contributed by atoms with Crippen LogP contribution in [0.2, 0.25) is 18.1 Å². The second-order valence-electron chi connectivity index (χ2n) is 19.8. The van der Waals surface area contributed by atoms with E-state index < -0.39 is 8.32 Å². The standard InChI is InChI=1S/C32H40FN3O3Si.C15H15BrFNO.C11H13N3O/c1-22-18-35(21-34-22)29-14-9-24(17-30(29)38-6)15-27-16-25(20-39-40(7,8)32(3,4)5)19-36(31(27)37)23(2)26-10-12-28(33)13-11-26;1-3-11-8-14(16)15(19)18(9-11)10(2)12-4-6-13(17)7-5-12;1-8-6-14(7-13-8)10-4-3-9(12)5-11(10)15-2/h9-14,16-19,21,23H,15,20H2,1-8H3;4-10H,3H2,1-2H3;3-7H,12H2,1-2H3/t23-;10-;/m00./s1. The summed E-state index contributed by atoms with van der Waals surface area (Å²) in [5.41, 5.74) is 15.3. The molecule has 0 amide bonds. The van der Waals surface area contributed by atoms with E-state index in [1.54, 1.807) is 66.3 Å². The normalized spacial score (nSPS) is 12.3. The Balaban J connectivity index is 0.000000214. The zero-order valence-electron chi connectivity index (χ0n) is 44.4. The first-order chi connectivity index (χ1) is 35.0. The lowest BCUT2D eigenvalue weighted by Crippen LogP contribution is -2.40. The van der Waals surface area contributed by atoms with Gasteiger partial charge in [-0.3, -0.25) is 9.59 Å². The number of hydrogen-bond acceptors (Lipinski definition) is 8. The molecule has 0 bridgehead atoms. The van der Waals surface area contributed by atoms with Crippen molar-refractivity contribution in [1.82, 2.24) is 28.2 Å². The summed E-state index contributed by atoms with van der Waals surface area (Å²) in [6.07, 6.45) is 12.4. The topological polar surface area (TPSA) is 133 Å². The minimum atomic E-state index is -2.01. The second kappa shape index (κ2) is 24.4. The molecule has 8 aromatic rings. The molecule has 8 rings (SSSR count). The summed E-state index contributed by atoms with van der Waals surface area (Å²) >= 11 is 3.30. The van der Waals surface area contributed by atoms with Crippen molar-refractivity contribution in [2.75, 3.05) is 20.0 Å². The van der Waals surface area contributed by atoms with Gasteiger partial charge in [0.25, 0.3) is 11.1 Å². The van der Waals surface area contributed by atoms with Crippen LogP contribution in [0.25, 0.3) is 11.4 Å². The van der Waals surface area contributed by atoms with Crippen LogP contribution in [0.15, 0.2) is 149 Å². The monoisotopic (exact) mass is 1090 g/mol. The van der Waals surface area contributed by atoms with Crippen LogP contribution in [-0.4, -0.2) is 50.8 Å². The fraction of sp³-hybridized carbons (Fsp3) is 0.310. The van der Waals surface area contributed by atoms with Gasteiger partial charge in [-0.1, -0.05) is 58.0 Å². The maximum Gasteiger partial charge on any atom is 0.265 e. The Labute approximate surface area is 442 Å². The summed E-state index contributed by atoms with van der Waals surface area (Å²) in [6, 6.07) is 27.5. The third-order valence-electron chi connectivity index (χ3n) is 13.4. The van der Waals surface area contributed by atoms with E-state index in [2.05, 4.69) is 59.8 Å². The number of aromatic nitrogens is 6. The molecular formula is C58H68BrF2N7O5Si. The predicted molar refractivity (Wildman–Crippen MR) is 298 cm³/mol. The van der Waals surface area contributed by atoms with E-state index in [4.69, 9.17) is 19.6 Å². The van der Waals surface area contributed by atoms with Crippen LogP contribution in [-0.2, 0) is 23.9 Å². The molecule has 4 aromatic carbocycles. The number of methoxy groups -OCH3 is 2. The van der Waals surface area contributed by atoms with Crippen molar-refractivity contribution in [3.05, 3.63) is 216 Å². The number of imidazole rings is 2. The minimum absolute atomic E-state index is 0.0672. The third kappa shape index (κ3) is 14.0. The molecule has 2 N–H and O–H groups in total. The number of nitrogens with zero attached hydrogens (tertiary/aromatic N) is 6. The summed E-state index contributed by atoms with van der Waals surface area (Å²) < 4.78 is 51.9. The predicted octanol–water partition coefficient (Wildman–Crippen LogP) is 12.9. The van der Waals surface area contributed by atoms with E-state index in [9.17, 15) is 18.4 Å². The smallest absolute Gasteiger partial charge is 0.265 e. The van der Waals surface area contributed by atoms with Crippen LogP contribution < -0.4 is 26.3 Å². The van der Waals surface area contributed by atoms with Gasteiger partial charge < -0.3 is 37.9 Å². The fourth-order valence-corrected chi connectivity index (χ4v) is 9.34. The molecule has 0 unspecified atom stereocenters. The summed E-state index contributed by atoms with van der Waals surface area (Å²) in [5, 5.41) is 0.0672. The van der Waals surface area contributed by atoms with Crippen LogP contribution in [0.5, 0.6) is 11.5 Å². The van der Waals surface area contributed by atoms with Crippen molar-refractivity contribution < 1.29 is 22.7 Å². The highest BCUT2D eigenvalue weighted by molar-refractivity contribution is 9.10. The molecule has 4 heterocycles. The van der Waals surface area contributed by atoms with Gasteiger partial charge in [0.2, 0.25) is 0 Å². The first-order valence-corrected chi connectivity index (χ1v) is 28.1. The lowest BCUT2D eigenvalue weighted by Gasteiger charge is -2.36. The van der Waals surface area contributed by atoms with Crippen molar-refractivity contribution in [3.8, 4) is 22.9 Å². The number of aryl methyl sites for hydroxylation is 3. The Bertz CT molecular complexity index is 3290. The maximum atomic E-state index is 13.8. The van der Waals surface area contributed by atoms with Crippen molar-refractivity contribution in [1.29, 1.82) is 0 Å². The Morgan fingerprint density at radius 2 is 1.15 bits per heavy atom. The maximum absolute atomic E-state index is 13.8. The van der Waals surface area contributed by atoms with E-state index in [0.29, 0.717) is 34.5 Å². The van der Waals surface area contributed by atoms with E-state index in [1.807, 2.05) is 111 Å². The van der Waals surface area contributed by atoms with Gasteiger partial charge in [-0.05, 0) is 157 Å². The number of pyridine rings is 2. The average molecular weight is 1090 g/mol. The minimum Gasteiger partial charge on any atom is -0.495 e. The van der Waals surface area contributed by atoms with Crippen molar-refractivity contribution in [2.24, 2.45) is 0 Å². The van der Waals surface area contributed by atoms with Crippen LogP contribution in [0.3, 0.4) is 0 Å². The molecule has 16 heteroatoms. The Morgan fingerprint density at radius 1 is 0.662 bits per heavy atom. The SMILES string of the molecule is CCc1cc(Br)c(=O)n([C@@H](C)c2ccc(F)cc2)c1.COc1cc(Cc2cc(CO[Si](C)(C)C(C)(C)C)cn([C@@H](C)c3ccc(F)cc3)c2=O)ccc1-n1cnc(C)c1.COc1cc(N)ccc1-n1cnc(C)c1. The number of nitrogen functional groups attached to an aromatic ring is 1. The van der Waals surface area contributed by atoms with Gasteiger partial charge in [0.15, 0.2) is 8.32 Å². The lowest BCUT2D eigenvalue weighted by molar-refractivity contribution is 0.275. The summed E-state index contributed by atoms with van der Waals surface area (Å²) in [4.78, 5) is 34.5. The highest BCUT2D eigenvalue weighted by atomic mass is 79.9. The fourth-order valence-electron chi connectivity index (χ4n) is 7.89. The first kappa shape index (κ1) is 56.4. The second-order valence-corrected chi connectivity index (χ2v) is 25.5. The summed E-state index contributed by atoms with van der Waals surface area (Å²) in [6.45, 7) is 21.3. The number of rotatable bonds is 14. The highest BCUT2D eigenvalue weighted by Gasteiger charge is 2.37. The molecule has 390 valence electrons. The molecule has 0 spiro atoms. The number of anilines is 1. The van der Waals surface area contributed by atoms with E-state index >= 15 is 0 Å². The number of halogens is 3. The van der Waals surface area contributed by atoms with Crippen molar-refractivity contribution in [2.45, 2.75) is 105 Å². The molecule has 0 aliphatic rings. The van der Waals surface area contributed by atoms with Crippen LogP contribution in [0.1, 0.15) is 98.4 Å². The molecule has 12 nitrogen and oxygen atoms in total. The number of benzene rings is 4. The molecule has 4 aromatic heterocycles. The molecule has 0 saturated heterocycles. The first-order valence-electron chi connectivity index (χ1n) is 24.4. The lowest BCUT2D eigenvalue weighted by atomic mass is 10.0. The number of ether oxygens (including phenoxy) is 2. The molecule has 2 atom stereocenters. The molecule has 74 heavy (non-hydrogen) atoms. The molecule has 0 aliphatic heterocycles. The molecule has 0 radical (unpaired) electrons. The average Bonchev–Trinajstić information content (AvgIpc) is 4.02. The molecule has 0 aliphatic carbocycles. The Hall–Kier alpha value is -6.88. The van der Waals surface area contributed by atoms with Gasteiger partial charge in [0.1, 0.15) is 23.1 Å². The highest BCUT2D eigenvalue weighted by Crippen LogP contribution is 2.37. The number of hydrogen-bond donors (Lipinski definition) is 1. The zero-order valence-corrected chi connectivity index (χ0v) is 47.0. The van der Waals surface area contributed by atoms with Crippen LogP contribution in [0, 0.1) is 25.5 Å². The zero-order chi connectivity index (χ0) is 54.1. The van der Waals surface area contributed by atoms with Gasteiger partial charge in [0.05, 0.1) is 72.8 Å². The third-order valence-corrected chi connectivity index (χ3v) is 18.5. The largest absolute Gasteiger partial charge is 0.495 e. The van der Waals surface area contributed by atoms with Crippen LogP contribution in [0.4, 0.5) is 14.5 Å². The Morgan fingerprint density at radius 3 is 1.62 bits per heavy atom. The van der Waals surface area contributed by atoms with Crippen molar-refractivity contribution in [3.63, 3.8) is 0 Å². The van der Waals surface area contributed by atoms with Gasteiger partial charge in [-0.25, -0.2) is 18.7 Å².